The Bertz CT molecular complexity index is 450. The van der Waals surface area contributed by atoms with E-state index in [0.29, 0.717) is 12.1 Å². The van der Waals surface area contributed by atoms with Crippen LogP contribution in [0.5, 0.6) is 0 Å². The molecule has 3 heteroatoms. The van der Waals surface area contributed by atoms with Crippen molar-refractivity contribution in [3.8, 4) is 6.07 Å². The van der Waals surface area contributed by atoms with Crippen LogP contribution in [0.3, 0.4) is 0 Å². The second-order valence-corrected chi connectivity index (χ2v) is 4.97. The normalized spacial score (nSPS) is 23.4. The molecule has 2 atom stereocenters. The van der Waals surface area contributed by atoms with Crippen molar-refractivity contribution in [3.05, 3.63) is 29.3 Å². The molecule has 96 valence electrons. The first-order chi connectivity index (χ1) is 8.74. The highest BCUT2D eigenvalue weighted by molar-refractivity contribution is 5.61. The van der Waals surface area contributed by atoms with E-state index in [2.05, 4.69) is 11.4 Å². The maximum Gasteiger partial charge on any atom is 0.102 e. The number of anilines is 1. The van der Waals surface area contributed by atoms with Gasteiger partial charge in [-0.15, -0.1) is 0 Å². The summed E-state index contributed by atoms with van der Waals surface area (Å²) in [5.74, 6) is 0. The molecule has 0 heterocycles. The van der Waals surface area contributed by atoms with Crippen molar-refractivity contribution in [3.63, 3.8) is 0 Å². The van der Waals surface area contributed by atoms with E-state index in [1.807, 2.05) is 25.1 Å². The lowest BCUT2D eigenvalue weighted by Crippen LogP contribution is -2.31. The highest BCUT2D eigenvalue weighted by atomic mass is 16.5. The Kier molecular flexibility index (Phi) is 4.22. The average Bonchev–Trinajstić information content (AvgIpc) is 2.39. The van der Waals surface area contributed by atoms with Gasteiger partial charge in [-0.2, -0.15) is 5.26 Å². The van der Waals surface area contributed by atoms with E-state index in [9.17, 15) is 5.26 Å². The minimum Gasteiger partial charge on any atom is -0.381 e. The van der Waals surface area contributed by atoms with Gasteiger partial charge in [-0.1, -0.05) is 12.1 Å². The molecule has 0 bridgehead atoms. The summed E-state index contributed by atoms with van der Waals surface area (Å²) in [5.41, 5.74) is 2.75. The van der Waals surface area contributed by atoms with Crippen molar-refractivity contribution in [2.75, 3.05) is 12.4 Å². The number of rotatable bonds is 3. The molecule has 1 N–H and O–H groups in total. The van der Waals surface area contributed by atoms with Gasteiger partial charge in [0.05, 0.1) is 17.4 Å². The minimum atomic E-state index is 0.353. The van der Waals surface area contributed by atoms with Gasteiger partial charge in [-0.3, -0.25) is 0 Å². The molecule has 0 aromatic heterocycles. The molecule has 2 rings (SSSR count). The van der Waals surface area contributed by atoms with Crippen LogP contribution in [0, 0.1) is 18.3 Å². The maximum absolute atomic E-state index is 9.21. The number of aryl methyl sites for hydroxylation is 1. The largest absolute Gasteiger partial charge is 0.381 e. The fourth-order valence-corrected chi connectivity index (χ4v) is 2.65. The Morgan fingerprint density at radius 2 is 2.22 bits per heavy atom. The van der Waals surface area contributed by atoms with Crippen molar-refractivity contribution >= 4 is 5.69 Å². The molecule has 3 nitrogen and oxygen atoms in total. The van der Waals surface area contributed by atoms with Gasteiger partial charge in [0.1, 0.15) is 6.07 Å². The molecule has 0 amide bonds. The molecular weight excluding hydrogens is 224 g/mol. The van der Waals surface area contributed by atoms with Crippen LogP contribution < -0.4 is 5.32 Å². The van der Waals surface area contributed by atoms with Crippen LogP contribution in [-0.4, -0.2) is 19.3 Å². The highest BCUT2D eigenvalue weighted by Gasteiger charge is 2.22. The zero-order chi connectivity index (χ0) is 13.0. The molecule has 18 heavy (non-hydrogen) atoms. The van der Waals surface area contributed by atoms with Crippen molar-refractivity contribution in [1.82, 2.24) is 0 Å². The van der Waals surface area contributed by atoms with Gasteiger partial charge in [0.2, 0.25) is 0 Å². The van der Waals surface area contributed by atoms with Crippen LogP contribution in [0.2, 0.25) is 0 Å². The van der Waals surface area contributed by atoms with Crippen molar-refractivity contribution < 1.29 is 4.74 Å². The van der Waals surface area contributed by atoms with Gasteiger partial charge in [0.25, 0.3) is 0 Å². The molecule has 1 fully saturated rings. The third-order valence-electron chi connectivity index (χ3n) is 3.70. The molecule has 0 aliphatic heterocycles. The third-order valence-corrected chi connectivity index (χ3v) is 3.70. The number of ether oxygens (including phenoxy) is 1. The average molecular weight is 244 g/mol. The van der Waals surface area contributed by atoms with E-state index in [4.69, 9.17) is 4.74 Å². The van der Waals surface area contributed by atoms with Crippen molar-refractivity contribution in [2.45, 2.75) is 44.8 Å². The Hall–Kier alpha value is -1.53. The standard InChI is InChI=1S/C15H20N2O/c1-11-5-3-8-15(14(11)10-16)17-12-6-4-7-13(9-12)18-2/h3,5,8,12-13,17H,4,6-7,9H2,1-2H3. The summed E-state index contributed by atoms with van der Waals surface area (Å²) in [4.78, 5) is 0. The third kappa shape index (κ3) is 2.83. The predicted molar refractivity (Wildman–Crippen MR) is 72.6 cm³/mol. The summed E-state index contributed by atoms with van der Waals surface area (Å²) in [6, 6.07) is 8.66. The second kappa shape index (κ2) is 5.88. The molecule has 1 aromatic carbocycles. The Morgan fingerprint density at radius 1 is 1.39 bits per heavy atom. The van der Waals surface area contributed by atoms with E-state index < -0.39 is 0 Å². The smallest absolute Gasteiger partial charge is 0.102 e. The summed E-state index contributed by atoms with van der Waals surface area (Å²) in [7, 11) is 1.78. The first-order valence-corrected chi connectivity index (χ1v) is 6.53. The van der Waals surface area contributed by atoms with E-state index >= 15 is 0 Å². The van der Waals surface area contributed by atoms with Crippen molar-refractivity contribution in [2.24, 2.45) is 0 Å². The summed E-state index contributed by atoms with van der Waals surface area (Å²) in [6.07, 6.45) is 4.86. The molecule has 2 unspecified atom stereocenters. The van der Waals surface area contributed by atoms with E-state index in [1.165, 1.54) is 6.42 Å². The first kappa shape index (κ1) is 12.9. The molecule has 0 radical (unpaired) electrons. The van der Waals surface area contributed by atoms with Crippen LogP contribution in [0.1, 0.15) is 36.8 Å². The summed E-state index contributed by atoms with van der Waals surface area (Å²) < 4.78 is 5.43. The SMILES string of the molecule is COC1CCCC(Nc2cccc(C)c2C#N)C1. The van der Waals surface area contributed by atoms with Crippen LogP contribution >= 0.6 is 0 Å². The van der Waals surface area contributed by atoms with Crippen LogP contribution in [0.4, 0.5) is 5.69 Å². The van der Waals surface area contributed by atoms with Gasteiger partial charge >= 0.3 is 0 Å². The van der Waals surface area contributed by atoms with E-state index in [-0.39, 0.29) is 0 Å². The van der Waals surface area contributed by atoms with E-state index in [1.54, 1.807) is 7.11 Å². The summed E-state index contributed by atoms with van der Waals surface area (Å²) in [5, 5.41) is 12.7. The quantitative estimate of drug-likeness (QED) is 0.887. The van der Waals surface area contributed by atoms with Gasteiger partial charge in [0.15, 0.2) is 0 Å². The molecule has 1 saturated carbocycles. The highest BCUT2D eigenvalue weighted by Crippen LogP contribution is 2.26. The Labute approximate surface area is 109 Å². The van der Waals surface area contributed by atoms with Crippen LogP contribution in [0.25, 0.3) is 0 Å². The molecular formula is C15H20N2O. The zero-order valence-electron chi connectivity index (χ0n) is 11.1. The Balaban J connectivity index is 2.10. The predicted octanol–water partition coefficient (Wildman–Crippen LogP) is 3.24. The van der Waals surface area contributed by atoms with Gasteiger partial charge in [0, 0.05) is 13.2 Å². The fraction of sp³-hybridized carbons (Fsp3) is 0.533. The Morgan fingerprint density at radius 3 is 2.94 bits per heavy atom. The minimum absolute atomic E-state index is 0.353. The topological polar surface area (TPSA) is 45.0 Å². The van der Waals surface area contributed by atoms with Crippen LogP contribution in [-0.2, 0) is 4.74 Å². The lowest BCUT2D eigenvalue weighted by atomic mass is 9.92. The monoisotopic (exact) mass is 244 g/mol. The number of methoxy groups -OCH3 is 1. The summed E-state index contributed by atoms with van der Waals surface area (Å²) in [6.45, 7) is 1.97. The molecule has 0 saturated heterocycles. The summed E-state index contributed by atoms with van der Waals surface area (Å²) >= 11 is 0. The molecule has 1 aromatic rings. The molecule has 0 spiro atoms. The number of nitrogens with zero attached hydrogens (tertiary/aromatic N) is 1. The number of hydrogen-bond donors (Lipinski definition) is 1. The number of hydrogen-bond acceptors (Lipinski definition) is 3. The van der Waals surface area contributed by atoms with Gasteiger partial charge in [-0.25, -0.2) is 0 Å². The fourth-order valence-electron chi connectivity index (χ4n) is 2.65. The van der Waals surface area contributed by atoms with E-state index in [0.717, 1.165) is 36.1 Å². The lowest BCUT2D eigenvalue weighted by molar-refractivity contribution is 0.0669. The van der Waals surface area contributed by atoms with Crippen molar-refractivity contribution in [1.29, 1.82) is 5.26 Å². The van der Waals surface area contributed by atoms with Gasteiger partial charge < -0.3 is 10.1 Å². The first-order valence-electron chi connectivity index (χ1n) is 6.53. The maximum atomic E-state index is 9.21. The van der Waals surface area contributed by atoms with Crippen LogP contribution in [0.15, 0.2) is 18.2 Å². The number of nitriles is 1. The number of benzene rings is 1. The number of nitrogens with one attached hydrogen (secondary N) is 1. The zero-order valence-corrected chi connectivity index (χ0v) is 11.1. The lowest BCUT2D eigenvalue weighted by Gasteiger charge is -2.29. The molecule has 1 aliphatic carbocycles. The van der Waals surface area contributed by atoms with Gasteiger partial charge in [-0.05, 0) is 44.2 Å². The molecule has 1 aliphatic rings. The second-order valence-electron chi connectivity index (χ2n) is 4.97.